The molecule has 0 fully saturated rings. The molecule has 0 radical (unpaired) electrons. The molecule has 23 heavy (non-hydrogen) atoms. The molecular formula is C17H33N3O3. The number of amides is 1. The maximum Gasteiger partial charge on any atom is 0.410 e. The van der Waals surface area contributed by atoms with Gasteiger partial charge in [-0.05, 0) is 39.5 Å². The van der Waals surface area contributed by atoms with E-state index in [1.807, 2.05) is 20.8 Å². The van der Waals surface area contributed by atoms with E-state index in [4.69, 9.17) is 10.00 Å². The molecule has 6 heteroatoms. The molecule has 0 aromatic rings. The molecule has 1 unspecified atom stereocenters. The smallest absolute Gasteiger partial charge is 0.410 e. The molecule has 0 aliphatic rings. The van der Waals surface area contributed by atoms with E-state index in [2.05, 4.69) is 25.2 Å². The molecule has 0 aliphatic carbocycles. The fraction of sp³-hybridized carbons (Fsp3) is 0.882. The van der Waals surface area contributed by atoms with Crippen LogP contribution >= 0.6 is 0 Å². The lowest BCUT2D eigenvalue weighted by Crippen LogP contribution is -2.44. The van der Waals surface area contributed by atoms with Crippen LogP contribution in [0.1, 0.15) is 54.4 Å². The molecule has 0 saturated carbocycles. The van der Waals surface area contributed by atoms with Crippen LogP contribution in [-0.2, 0) is 4.74 Å². The number of carbonyl (C=O) groups excluding carboxylic acids is 1. The van der Waals surface area contributed by atoms with Gasteiger partial charge in [0.1, 0.15) is 5.60 Å². The third kappa shape index (κ3) is 11.8. The fourth-order valence-electron chi connectivity index (χ4n) is 2.03. The molecule has 0 spiro atoms. The minimum atomic E-state index is -0.602. The van der Waals surface area contributed by atoms with Crippen molar-refractivity contribution < 1.29 is 14.6 Å². The van der Waals surface area contributed by atoms with Crippen molar-refractivity contribution in [3.63, 3.8) is 0 Å². The van der Waals surface area contributed by atoms with Gasteiger partial charge in [0.2, 0.25) is 0 Å². The Morgan fingerprint density at radius 1 is 1.35 bits per heavy atom. The molecule has 0 rings (SSSR count). The van der Waals surface area contributed by atoms with E-state index in [0.717, 1.165) is 13.0 Å². The number of rotatable bonds is 9. The van der Waals surface area contributed by atoms with Crippen molar-refractivity contribution in [3.8, 4) is 6.07 Å². The standard InChI is InChI=1S/C17H33N3O3/c1-14(21)12-20(15(22)23-16(2,3)4)11-10-19-13-17(5,6)8-7-9-18/h14,19,21H,7-8,10-13H2,1-6H3. The van der Waals surface area contributed by atoms with Gasteiger partial charge < -0.3 is 20.1 Å². The van der Waals surface area contributed by atoms with Crippen LogP contribution in [-0.4, -0.2) is 54.0 Å². The molecular weight excluding hydrogens is 294 g/mol. The molecule has 2 N–H and O–H groups in total. The van der Waals surface area contributed by atoms with Crippen molar-refractivity contribution in [3.05, 3.63) is 0 Å². The highest BCUT2D eigenvalue weighted by Gasteiger charge is 2.23. The van der Waals surface area contributed by atoms with Gasteiger partial charge in [0.05, 0.1) is 12.2 Å². The molecule has 0 heterocycles. The zero-order valence-corrected chi connectivity index (χ0v) is 15.5. The highest BCUT2D eigenvalue weighted by Crippen LogP contribution is 2.20. The molecule has 0 bridgehead atoms. The first-order chi connectivity index (χ1) is 10.5. The van der Waals surface area contributed by atoms with Crippen LogP contribution in [0.25, 0.3) is 0 Å². The lowest BCUT2D eigenvalue weighted by atomic mass is 9.88. The second-order valence-electron chi connectivity index (χ2n) is 7.77. The summed E-state index contributed by atoms with van der Waals surface area (Å²) in [7, 11) is 0. The quantitative estimate of drug-likeness (QED) is 0.636. The van der Waals surface area contributed by atoms with Gasteiger partial charge in [-0.2, -0.15) is 5.26 Å². The van der Waals surface area contributed by atoms with Crippen LogP contribution in [0.4, 0.5) is 4.79 Å². The summed E-state index contributed by atoms with van der Waals surface area (Å²) in [6.45, 7) is 13.4. The molecule has 6 nitrogen and oxygen atoms in total. The van der Waals surface area contributed by atoms with Crippen molar-refractivity contribution in [2.75, 3.05) is 26.2 Å². The van der Waals surface area contributed by atoms with Crippen LogP contribution in [0.5, 0.6) is 0 Å². The average molecular weight is 327 g/mol. The number of hydrogen-bond acceptors (Lipinski definition) is 5. The number of ether oxygens (including phenoxy) is 1. The Bertz CT molecular complexity index is 395. The zero-order chi connectivity index (χ0) is 18.1. The number of nitrogens with one attached hydrogen (secondary N) is 1. The summed E-state index contributed by atoms with van der Waals surface area (Å²) in [6.07, 6.45) is 0.360. The average Bonchev–Trinajstić information content (AvgIpc) is 2.37. The van der Waals surface area contributed by atoms with E-state index >= 15 is 0 Å². The van der Waals surface area contributed by atoms with E-state index < -0.39 is 17.8 Å². The Morgan fingerprint density at radius 3 is 2.43 bits per heavy atom. The summed E-state index contributed by atoms with van der Waals surface area (Å²) in [5.74, 6) is 0. The van der Waals surface area contributed by atoms with E-state index in [0.29, 0.717) is 19.5 Å². The van der Waals surface area contributed by atoms with Crippen LogP contribution < -0.4 is 5.32 Å². The second kappa shape index (κ2) is 9.74. The molecule has 0 aliphatic heterocycles. The number of nitriles is 1. The molecule has 134 valence electrons. The van der Waals surface area contributed by atoms with Crippen LogP contribution in [0.15, 0.2) is 0 Å². The van der Waals surface area contributed by atoms with Crippen molar-refractivity contribution in [1.82, 2.24) is 10.2 Å². The number of hydrogen-bond donors (Lipinski definition) is 2. The Hall–Kier alpha value is -1.32. The van der Waals surface area contributed by atoms with Gasteiger partial charge in [-0.25, -0.2) is 4.79 Å². The third-order valence-corrected chi connectivity index (χ3v) is 3.21. The first-order valence-electron chi connectivity index (χ1n) is 8.20. The number of aliphatic hydroxyl groups excluding tert-OH is 1. The van der Waals surface area contributed by atoms with E-state index in [9.17, 15) is 9.90 Å². The first-order valence-corrected chi connectivity index (χ1v) is 8.20. The summed E-state index contributed by atoms with van der Waals surface area (Å²) >= 11 is 0. The Labute approximate surface area is 140 Å². The van der Waals surface area contributed by atoms with Gasteiger partial charge in [-0.3, -0.25) is 0 Å². The largest absolute Gasteiger partial charge is 0.444 e. The summed E-state index contributed by atoms with van der Waals surface area (Å²) in [5.41, 5.74) is -0.516. The lowest BCUT2D eigenvalue weighted by Gasteiger charge is -2.29. The SMILES string of the molecule is CC(O)CN(CCNCC(C)(C)CCC#N)C(=O)OC(C)(C)C. The lowest BCUT2D eigenvalue weighted by molar-refractivity contribution is 0.0163. The normalized spacial score (nSPS) is 13.3. The maximum atomic E-state index is 12.2. The van der Waals surface area contributed by atoms with Gasteiger partial charge in [0.25, 0.3) is 0 Å². The van der Waals surface area contributed by atoms with Crippen molar-refractivity contribution >= 4 is 6.09 Å². The van der Waals surface area contributed by atoms with E-state index in [1.54, 1.807) is 6.92 Å². The maximum absolute atomic E-state index is 12.2. The predicted molar refractivity (Wildman–Crippen MR) is 91.0 cm³/mol. The van der Waals surface area contributed by atoms with Crippen molar-refractivity contribution in [1.29, 1.82) is 5.26 Å². The van der Waals surface area contributed by atoms with Crippen molar-refractivity contribution in [2.45, 2.75) is 66.1 Å². The van der Waals surface area contributed by atoms with Gasteiger partial charge in [-0.15, -0.1) is 0 Å². The predicted octanol–water partition coefficient (Wildman–Crippen LogP) is 2.52. The summed E-state index contributed by atoms with van der Waals surface area (Å²) in [4.78, 5) is 13.7. The number of carbonyl (C=O) groups is 1. The topological polar surface area (TPSA) is 85.6 Å². The summed E-state index contributed by atoms with van der Waals surface area (Å²) < 4.78 is 5.36. The molecule has 1 atom stereocenters. The van der Waals surface area contributed by atoms with E-state index in [1.165, 1.54) is 4.90 Å². The van der Waals surface area contributed by atoms with Gasteiger partial charge in [0, 0.05) is 32.6 Å². The van der Waals surface area contributed by atoms with E-state index in [-0.39, 0.29) is 12.0 Å². The van der Waals surface area contributed by atoms with Crippen LogP contribution in [0.3, 0.4) is 0 Å². The fourth-order valence-corrected chi connectivity index (χ4v) is 2.03. The van der Waals surface area contributed by atoms with Crippen molar-refractivity contribution in [2.24, 2.45) is 5.41 Å². The van der Waals surface area contributed by atoms with Crippen LogP contribution in [0.2, 0.25) is 0 Å². The Kier molecular flexibility index (Phi) is 9.18. The first kappa shape index (κ1) is 21.7. The second-order valence-corrected chi connectivity index (χ2v) is 7.77. The van der Waals surface area contributed by atoms with Gasteiger partial charge in [0.15, 0.2) is 0 Å². The Balaban J connectivity index is 4.36. The number of nitrogens with zero attached hydrogens (tertiary/aromatic N) is 2. The molecule has 1 amide bonds. The summed E-state index contributed by atoms with van der Waals surface area (Å²) in [5, 5.41) is 21.5. The highest BCUT2D eigenvalue weighted by molar-refractivity contribution is 5.68. The Morgan fingerprint density at radius 2 is 1.96 bits per heavy atom. The van der Waals surface area contributed by atoms with Crippen LogP contribution in [0, 0.1) is 16.7 Å². The zero-order valence-electron chi connectivity index (χ0n) is 15.5. The highest BCUT2D eigenvalue weighted by atomic mass is 16.6. The number of aliphatic hydroxyl groups is 1. The minimum Gasteiger partial charge on any atom is -0.444 e. The summed E-state index contributed by atoms with van der Waals surface area (Å²) in [6, 6.07) is 2.17. The van der Waals surface area contributed by atoms with Gasteiger partial charge in [-0.1, -0.05) is 13.8 Å². The monoisotopic (exact) mass is 327 g/mol. The third-order valence-electron chi connectivity index (χ3n) is 3.21. The molecule has 0 aromatic heterocycles. The minimum absolute atomic E-state index is 0.0384. The molecule has 0 aromatic carbocycles. The van der Waals surface area contributed by atoms with Gasteiger partial charge >= 0.3 is 6.09 Å². The molecule has 0 saturated heterocycles.